The highest BCUT2D eigenvalue weighted by Crippen LogP contribution is 2.77. The summed E-state index contributed by atoms with van der Waals surface area (Å²) >= 11 is 0. The van der Waals surface area contributed by atoms with Gasteiger partial charge in [0.1, 0.15) is 12.4 Å². The third-order valence-corrected chi connectivity index (χ3v) is 14.7. The third-order valence-electron chi connectivity index (χ3n) is 14.7. The third kappa shape index (κ3) is 3.73. The maximum absolute atomic E-state index is 14.2. The topological polar surface area (TPSA) is 43.4 Å². The summed E-state index contributed by atoms with van der Waals surface area (Å²) in [6, 6.07) is 10.2. The minimum absolute atomic E-state index is 0.0852. The van der Waals surface area contributed by atoms with Crippen molar-refractivity contribution in [2.24, 2.45) is 62.6 Å². The van der Waals surface area contributed by atoms with Gasteiger partial charge in [0.25, 0.3) is 0 Å². The largest absolute Gasteiger partial charge is 0.460 e. The van der Waals surface area contributed by atoms with Gasteiger partial charge in [0.05, 0.1) is 5.41 Å². The van der Waals surface area contributed by atoms with Crippen molar-refractivity contribution in [3.63, 3.8) is 0 Å². The Morgan fingerprint density at radius 1 is 0.850 bits per heavy atom. The molecule has 0 bridgehead atoms. The number of esters is 1. The van der Waals surface area contributed by atoms with E-state index in [1.807, 2.05) is 18.2 Å². The highest BCUT2D eigenvalue weighted by molar-refractivity contribution is 5.85. The molecule has 5 aliphatic carbocycles. The van der Waals surface area contributed by atoms with E-state index in [0.717, 1.165) is 44.1 Å². The van der Waals surface area contributed by atoms with E-state index in [0.29, 0.717) is 47.9 Å². The fraction of sp³-hybridized carbons (Fsp3) is 0.784. The number of benzene rings is 1. The summed E-state index contributed by atoms with van der Waals surface area (Å²) < 4.78 is 6.19. The van der Waals surface area contributed by atoms with Crippen LogP contribution in [0.1, 0.15) is 118 Å². The van der Waals surface area contributed by atoms with Crippen LogP contribution in [0.15, 0.2) is 30.3 Å². The Kier molecular flexibility index (Phi) is 6.72. The fourth-order valence-electron chi connectivity index (χ4n) is 12.4. The standard InChI is InChI=1S/C37H54O3/c1-24(2)26-15-20-37(32(39)40-23-25-11-9-8-10-12-25)22-21-35(6)27(31(26)37)13-14-29-34(5)18-17-30(38)33(3,4)28(34)16-19-36(29,35)7/h8-12,24,26-29,31H,13-23H2,1-7H3/t26-,27+,28-,29+,31+,34-,35+,36+,37-/m0/s1. The lowest BCUT2D eigenvalue weighted by atomic mass is 9.32. The van der Waals surface area contributed by atoms with E-state index in [9.17, 15) is 9.59 Å². The van der Waals surface area contributed by atoms with Gasteiger partial charge >= 0.3 is 5.97 Å². The van der Waals surface area contributed by atoms with Crippen LogP contribution in [-0.2, 0) is 20.9 Å². The molecule has 0 aromatic heterocycles. The van der Waals surface area contributed by atoms with Gasteiger partial charge in [0.15, 0.2) is 0 Å². The lowest BCUT2D eigenvalue weighted by molar-refractivity contribution is -0.238. The summed E-state index contributed by atoms with van der Waals surface area (Å²) in [5.74, 6) is 3.88. The fourth-order valence-corrected chi connectivity index (χ4v) is 12.4. The molecule has 0 heterocycles. The molecule has 0 N–H and O–H groups in total. The lowest BCUT2D eigenvalue weighted by Crippen LogP contribution is -2.66. The molecule has 0 unspecified atom stereocenters. The van der Waals surface area contributed by atoms with Crippen molar-refractivity contribution < 1.29 is 14.3 Å². The summed E-state index contributed by atoms with van der Waals surface area (Å²) in [4.78, 5) is 27.2. The molecule has 0 amide bonds. The molecule has 3 heteroatoms. The van der Waals surface area contributed by atoms with Gasteiger partial charge < -0.3 is 4.74 Å². The maximum Gasteiger partial charge on any atom is 0.312 e. The Balaban J connectivity index is 1.34. The Bertz CT molecular complexity index is 1150. The molecule has 5 fully saturated rings. The number of ketones is 1. The predicted octanol–water partition coefficient (Wildman–Crippen LogP) is 9.04. The van der Waals surface area contributed by atoms with Gasteiger partial charge in [-0.05, 0) is 115 Å². The number of rotatable bonds is 4. The van der Waals surface area contributed by atoms with Crippen LogP contribution in [0, 0.1) is 62.6 Å². The Labute approximate surface area is 243 Å². The van der Waals surface area contributed by atoms with Crippen molar-refractivity contribution in [2.75, 3.05) is 0 Å². The number of carbonyl (C=O) groups is 2. The second-order valence-electron chi connectivity index (χ2n) is 16.5. The highest BCUT2D eigenvalue weighted by atomic mass is 16.5. The summed E-state index contributed by atoms with van der Waals surface area (Å²) in [5.41, 5.74) is 1.26. The van der Waals surface area contributed by atoms with E-state index in [1.165, 1.54) is 25.7 Å². The average Bonchev–Trinajstić information content (AvgIpc) is 3.32. The maximum atomic E-state index is 14.2. The number of Topliss-reactive ketones (excluding diaryl/α,β-unsaturated/α-hetero) is 1. The van der Waals surface area contributed by atoms with Crippen LogP contribution in [0.4, 0.5) is 0 Å². The van der Waals surface area contributed by atoms with Crippen molar-refractivity contribution in [3.05, 3.63) is 35.9 Å². The molecule has 1 aromatic rings. The number of carbonyl (C=O) groups excluding carboxylic acids is 2. The number of hydrogen-bond acceptors (Lipinski definition) is 3. The van der Waals surface area contributed by atoms with Crippen molar-refractivity contribution >= 4 is 11.8 Å². The van der Waals surface area contributed by atoms with Gasteiger partial charge in [-0.3, -0.25) is 9.59 Å². The van der Waals surface area contributed by atoms with Crippen LogP contribution in [0.25, 0.3) is 0 Å². The van der Waals surface area contributed by atoms with Gasteiger partial charge in [0, 0.05) is 11.8 Å². The molecule has 5 aliphatic rings. The van der Waals surface area contributed by atoms with Crippen molar-refractivity contribution in [1.29, 1.82) is 0 Å². The molecule has 9 atom stereocenters. The molecule has 0 radical (unpaired) electrons. The van der Waals surface area contributed by atoms with Crippen molar-refractivity contribution in [2.45, 2.75) is 119 Å². The molecule has 40 heavy (non-hydrogen) atoms. The van der Waals surface area contributed by atoms with Crippen LogP contribution in [0.5, 0.6) is 0 Å². The SMILES string of the molecule is CC(C)[C@@H]1CC[C@]2(C(=O)OCc3ccccc3)CC[C@]3(C)[C@H](CC[C@@H]4[C@@]5(C)CCC(=O)C(C)(C)[C@@H]5CC[C@]43C)[C@@H]12. The van der Waals surface area contributed by atoms with E-state index in [-0.39, 0.29) is 33.0 Å². The average molecular weight is 547 g/mol. The monoisotopic (exact) mass is 546 g/mol. The van der Waals surface area contributed by atoms with Gasteiger partial charge in [-0.2, -0.15) is 0 Å². The van der Waals surface area contributed by atoms with Crippen LogP contribution in [-0.4, -0.2) is 11.8 Å². The van der Waals surface area contributed by atoms with Crippen molar-refractivity contribution in [3.8, 4) is 0 Å². The molecule has 0 aliphatic heterocycles. The molecule has 5 saturated carbocycles. The normalized spacial score (nSPS) is 45.7. The second kappa shape index (κ2) is 9.43. The van der Waals surface area contributed by atoms with E-state index >= 15 is 0 Å². The van der Waals surface area contributed by atoms with Gasteiger partial charge in [-0.15, -0.1) is 0 Å². The molecule has 0 spiro atoms. The zero-order valence-corrected chi connectivity index (χ0v) is 26.4. The predicted molar refractivity (Wildman–Crippen MR) is 160 cm³/mol. The smallest absolute Gasteiger partial charge is 0.312 e. The van der Waals surface area contributed by atoms with E-state index in [1.54, 1.807) is 0 Å². The minimum Gasteiger partial charge on any atom is -0.460 e. The molecular weight excluding hydrogens is 492 g/mol. The molecule has 6 rings (SSSR count). The first-order valence-electron chi connectivity index (χ1n) is 16.6. The zero-order valence-electron chi connectivity index (χ0n) is 26.4. The van der Waals surface area contributed by atoms with E-state index < -0.39 is 0 Å². The van der Waals surface area contributed by atoms with Gasteiger partial charge in [-0.1, -0.05) is 78.8 Å². The Hall–Kier alpha value is -1.64. The first-order chi connectivity index (χ1) is 18.8. The minimum atomic E-state index is -0.322. The summed E-state index contributed by atoms with van der Waals surface area (Å²) in [6.45, 7) is 17.5. The van der Waals surface area contributed by atoms with E-state index in [2.05, 4.69) is 60.6 Å². The number of hydrogen-bond donors (Lipinski definition) is 0. The number of ether oxygens (including phenoxy) is 1. The van der Waals surface area contributed by atoms with Crippen molar-refractivity contribution in [1.82, 2.24) is 0 Å². The molecule has 0 saturated heterocycles. The second-order valence-corrected chi connectivity index (χ2v) is 16.5. The quantitative estimate of drug-likeness (QED) is 0.354. The molecule has 3 nitrogen and oxygen atoms in total. The summed E-state index contributed by atoms with van der Waals surface area (Å²) in [5, 5.41) is 0. The number of fused-ring (bicyclic) bond motifs is 7. The molecular formula is C37H54O3. The van der Waals surface area contributed by atoms with Crippen LogP contribution in [0.2, 0.25) is 0 Å². The Morgan fingerprint density at radius 3 is 2.27 bits per heavy atom. The lowest BCUT2D eigenvalue weighted by Gasteiger charge is -2.72. The van der Waals surface area contributed by atoms with E-state index in [4.69, 9.17) is 4.74 Å². The summed E-state index contributed by atoms with van der Waals surface area (Å²) in [7, 11) is 0. The molecule has 220 valence electrons. The first kappa shape index (κ1) is 28.5. The molecule has 1 aromatic carbocycles. The zero-order chi connectivity index (χ0) is 28.7. The van der Waals surface area contributed by atoms with Crippen LogP contribution >= 0.6 is 0 Å². The van der Waals surface area contributed by atoms with Gasteiger partial charge in [0.2, 0.25) is 0 Å². The first-order valence-corrected chi connectivity index (χ1v) is 16.6. The highest BCUT2D eigenvalue weighted by Gasteiger charge is 2.72. The van der Waals surface area contributed by atoms with Crippen LogP contribution in [0.3, 0.4) is 0 Å². The van der Waals surface area contributed by atoms with Crippen LogP contribution < -0.4 is 0 Å². The van der Waals surface area contributed by atoms with Gasteiger partial charge in [-0.25, -0.2) is 0 Å². The summed E-state index contributed by atoms with van der Waals surface area (Å²) in [6.07, 6.45) is 11.0. The Morgan fingerprint density at radius 2 is 1.57 bits per heavy atom.